The van der Waals surface area contributed by atoms with Crippen molar-refractivity contribution in [2.45, 2.75) is 84.2 Å². The maximum Gasteiger partial charge on any atom is 0.0617 e. The molecule has 1 saturated carbocycles. The van der Waals surface area contributed by atoms with E-state index in [2.05, 4.69) is 13.8 Å². The Kier molecular flexibility index (Phi) is 9.54. The maximum absolute atomic E-state index is 6.16. The summed E-state index contributed by atoms with van der Waals surface area (Å²) in [6.07, 6.45) is 13.6. The highest BCUT2D eigenvalue weighted by molar-refractivity contribution is 4.81. The smallest absolute Gasteiger partial charge is 0.0617 e. The summed E-state index contributed by atoms with van der Waals surface area (Å²) in [5.74, 6) is 1.50. The average molecular weight is 269 g/mol. The van der Waals surface area contributed by atoms with Gasteiger partial charge in [-0.05, 0) is 44.1 Å². The van der Waals surface area contributed by atoms with Crippen LogP contribution in [0, 0.1) is 11.8 Å². The largest absolute Gasteiger partial charge is 0.378 e. The Hall–Kier alpha value is -0.0800. The zero-order chi connectivity index (χ0) is 13.9. The van der Waals surface area contributed by atoms with Crippen LogP contribution < -0.4 is 5.73 Å². The Bertz CT molecular complexity index is 207. The van der Waals surface area contributed by atoms with E-state index in [0.717, 1.165) is 19.1 Å². The monoisotopic (exact) mass is 269 g/mol. The number of hydrogen-bond acceptors (Lipinski definition) is 2. The van der Waals surface area contributed by atoms with Crippen LogP contribution in [-0.2, 0) is 4.74 Å². The van der Waals surface area contributed by atoms with Crippen LogP contribution >= 0.6 is 0 Å². The van der Waals surface area contributed by atoms with Crippen LogP contribution in [0.15, 0.2) is 0 Å². The lowest BCUT2D eigenvalue weighted by Gasteiger charge is -2.35. The van der Waals surface area contributed by atoms with Crippen molar-refractivity contribution < 1.29 is 4.74 Å². The molecule has 114 valence electrons. The molecule has 0 aromatic carbocycles. The molecule has 2 N–H and O–H groups in total. The summed E-state index contributed by atoms with van der Waals surface area (Å²) < 4.78 is 6.16. The van der Waals surface area contributed by atoms with Gasteiger partial charge in [0, 0.05) is 6.61 Å². The number of rotatable bonds is 10. The fourth-order valence-electron chi connectivity index (χ4n) is 3.36. The SMILES string of the molecule is CCCCCCCOC1CC(CCC)CCC1CN. The van der Waals surface area contributed by atoms with E-state index in [4.69, 9.17) is 10.5 Å². The lowest BCUT2D eigenvalue weighted by molar-refractivity contribution is -0.0258. The summed E-state index contributed by atoms with van der Waals surface area (Å²) >= 11 is 0. The summed E-state index contributed by atoms with van der Waals surface area (Å²) in [6, 6.07) is 0. The number of unbranched alkanes of at least 4 members (excludes halogenated alkanes) is 4. The van der Waals surface area contributed by atoms with E-state index in [9.17, 15) is 0 Å². The molecule has 1 rings (SSSR count). The second-order valence-corrected chi connectivity index (χ2v) is 6.29. The van der Waals surface area contributed by atoms with Crippen LogP contribution in [0.3, 0.4) is 0 Å². The third-order valence-corrected chi connectivity index (χ3v) is 4.62. The third kappa shape index (κ3) is 6.76. The summed E-state index contributed by atoms with van der Waals surface area (Å²) in [6.45, 7) is 6.31. The molecule has 0 amide bonds. The van der Waals surface area contributed by atoms with Gasteiger partial charge in [0.15, 0.2) is 0 Å². The standard InChI is InChI=1S/C17H35NO/c1-3-5-6-7-8-12-19-17-13-15(9-4-2)10-11-16(17)14-18/h15-17H,3-14,18H2,1-2H3. The zero-order valence-corrected chi connectivity index (χ0v) is 13.2. The van der Waals surface area contributed by atoms with E-state index in [1.807, 2.05) is 0 Å². The highest BCUT2D eigenvalue weighted by Gasteiger charge is 2.29. The topological polar surface area (TPSA) is 35.2 Å². The Morgan fingerprint density at radius 1 is 1.00 bits per heavy atom. The molecular weight excluding hydrogens is 234 g/mol. The highest BCUT2D eigenvalue weighted by Crippen LogP contribution is 2.33. The Labute approximate surface area is 120 Å². The fourth-order valence-corrected chi connectivity index (χ4v) is 3.36. The molecule has 0 bridgehead atoms. The number of hydrogen-bond donors (Lipinski definition) is 1. The van der Waals surface area contributed by atoms with E-state index in [1.54, 1.807) is 0 Å². The molecule has 0 spiro atoms. The summed E-state index contributed by atoms with van der Waals surface area (Å²) in [5, 5.41) is 0. The van der Waals surface area contributed by atoms with Gasteiger partial charge in [0.1, 0.15) is 0 Å². The van der Waals surface area contributed by atoms with Crippen LogP contribution in [0.25, 0.3) is 0 Å². The molecule has 1 fully saturated rings. The van der Waals surface area contributed by atoms with Crippen LogP contribution in [0.1, 0.15) is 78.1 Å². The van der Waals surface area contributed by atoms with Crippen molar-refractivity contribution in [2.75, 3.05) is 13.2 Å². The Morgan fingerprint density at radius 3 is 2.47 bits per heavy atom. The molecule has 0 radical (unpaired) electrons. The van der Waals surface area contributed by atoms with Crippen LogP contribution in [0.4, 0.5) is 0 Å². The number of ether oxygens (including phenoxy) is 1. The molecule has 0 aromatic rings. The molecule has 0 aromatic heterocycles. The molecular formula is C17H35NO. The lowest BCUT2D eigenvalue weighted by Crippen LogP contribution is -2.36. The highest BCUT2D eigenvalue weighted by atomic mass is 16.5. The predicted octanol–water partition coefficient (Wildman–Crippen LogP) is 4.52. The molecule has 0 heterocycles. The normalized spacial score (nSPS) is 27.6. The van der Waals surface area contributed by atoms with Crippen LogP contribution in [0.5, 0.6) is 0 Å². The van der Waals surface area contributed by atoms with E-state index in [0.29, 0.717) is 12.0 Å². The minimum atomic E-state index is 0.446. The minimum Gasteiger partial charge on any atom is -0.378 e. The molecule has 2 nitrogen and oxygen atoms in total. The van der Waals surface area contributed by atoms with Gasteiger partial charge in [0.25, 0.3) is 0 Å². The van der Waals surface area contributed by atoms with Crippen molar-refractivity contribution in [3.63, 3.8) is 0 Å². The van der Waals surface area contributed by atoms with Crippen LogP contribution in [-0.4, -0.2) is 19.3 Å². The van der Waals surface area contributed by atoms with Crippen molar-refractivity contribution in [1.82, 2.24) is 0 Å². The average Bonchev–Trinajstić information content (AvgIpc) is 2.43. The fraction of sp³-hybridized carbons (Fsp3) is 1.00. The van der Waals surface area contributed by atoms with Crippen molar-refractivity contribution in [3.05, 3.63) is 0 Å². The quantitative estimate of drug-likeness (QED) is 0.592. The third-order valence-electron chi connectivity index (χ3n) is 4.62. The molecule has 0 saturated heterocycles. The van der Waals surface area contributed by atoms with Crippen molar-refractivity contribution >= 4 is 0 Å². The second-order valence-electron chi connectivity index (χ2n) is 6.29. The summed E-state index contributed by atoms with van der Waals surface area (Å²) in [5.41, 5.74) is 5.90. The minimum absolute atomic E-state index is 0.446. The molecule has 1 aliphatic rings. The first-order chi connectivity index (χ1) is 9.31. The Morgan fingerprint density at radius 2 is 1.79 bits per heavy atom. The first-order valence-electron chi connectivity index (χ1n) is 8.63. The zero-order valence-electron chi connectivity index (χ0n) is 13.2. The van der Waals surface area contributed by atoms with Gasteiger partial charge in [0.2, 0.25) is 0 Å². The molecule has 19 heavy (non-hydrogen) atoms. The van der Waals surface area contributed by atoms with Gasteiger partial charge in [-0.1, -0.05) is 52.4 Å². The summed E-state index contributed by atoms with van der Waals surface area (Å²) in [7, 11) is 0. The van der Waals surface area contributed by atoms with Crippen LogP contribution in [0.2, 0.25) is 0 Å². The van der Waals surface area contributed by atoms with Gasteiger partial charge in [-0.2, -0.15) is 0 Å². The van der Waals surface area contributed by atoms with E-state index in [-0.39, 0.29) is 0 Å². The van der Waals surface area contributed by atoms with E-state index < -0.39 is 0 Å². The van der Waals surface area contributed by atoms with E-state index >= 15 is 0 Å². The molecule has 3 atom stereocenters. The molecule has 3 unspecified atom stereocenters. The van der Waals surface area contributed by atoms with Crippen molar-refractivity contribution in [3.8, 4) is 0 Å². The van der Waals surface area contributed by atoms with Gasteiger partial charge in [-0.15, -0.1) is 0 Å². The van der Waals surface area contributed by atoms with Gasteiger partial charge in [-0.25, -0.2) is 0 Å². The second kappa shape index (κ2) is 10.7. The molecule has 1 aliphatic carbocycles. The number of nitrogens with two attached hydrogens (primary N) is 1. The van der Waals surface area contributed by atoms with Gasteiger partial charge in [0.05, 0.1) is 6.10 Å². The predicted molar refractivity (Wildman–Crippen MR) is 83.3 cm³/mol. The van der Waals surface area contributed by atoms with Gasteiger partial charge >= 0.3 is 0 Å². The van der Waals surface area contributed by atoms with Gasteiger partial charge in [-0.3, -0.25) is 0 Å². The molecule has 2 heteroatoms. The molecule has 0 aliphatic heterocycles. The Balaban J connectivity index is 2.19. The maximum atomic E-state index is 6.16. The van der Waals surface area contributed by atoms with Gasteiger partial charge < -0.3 is 10.5 Å². The summed E-state index contributed by atoms with van der Waals surface area (Å²) in [4.78, 5) is 0. The van der Waals surface area contributed by atoms with E-state index in [1.165, 1.54) is 64.2 Å². The lowest BCUT2D eigenvalue weighted by atomic mass is 9.78. The van der Waals surface area contributed by atoms with Crippen molar-refractivity contribution in [1.29, 1.82) is 0 Å². The van der Waals surface area contributed by atoms with Crippen molar-refractivity contribution in [2.24, 2.45) is 17.6 Å². The first kappa shape index (κ1) is 17.0. The first-order valence-corrected chi connectivity index (χ1v) is 8.63.